The second-order valence-corrected chi connectivity index (χ2v) is 6.14. The van der Waals surface area contributed by atoms with Crippen molar-refractivity contribution in [3.63, 3.8) is 0 Å². The van der Waals surface area contributed by atoms with E-state index in [0.717, 1.165) is 16.7 Å². The van der Waals surface area contributed by atoms with Gasteiger partial charge in [-0.1, -0.05) is 48.0 Å². The van der Waals surface area contributed by atoms with Crippen molar-refractivity contribution in [3.8, 4) is 11.1 Å². The summed E-state index contributed by atoms with van der Waals surface area (Å²) in [5, 5.41) is 16.8. The summed E-state index contributed by atoms with van der Waals surface area (Å²) in [5.74, 6) is -0.436. The van der Waals surface area contributed by atoms with E-state index in [4.69, 9.17) is 0 Å². The fourth-order valence-corrected chi connectivity index (χ4v) is 2.70. The zero-order chi connectivity index (χ0) is 17.8. The van der Waals surface area contributed by atoms with Crippen LogP contribution < -0.4 is 5.32 Å². The minimum atomic E-state index is -1.21. The van der Waals surface area contributed by atoms with Crippen LogP contribution in [0.2, 0.25) is 0 Å². The van der Waals surface area contributed by atoms with Gasteiger partial charge in [-0.25, -0.2) is 0 Å². The van der Waals surface area contributed by atoms with Gasteiger partial charge in [0.25, 0.3) is 5.91 Å². The Balaban J connectivity index is 1.67. The van der Waals surface area contributed by atoms with Crippen molar-refractivity contribution < 1.29 is 9.90 Å². The van der Waals surface area contributed by atoms with Gasteiger partial charge in [-0.3, -0.25) is 9.48 Å². The quantitative estimate of drug-likeness (QED) is 0.753. The molecule has 3 aromatic rings. The van der Waals surface area contributed by atoms with Crippen LogP contribution in [0.1, 0.15) is 22.8 Å². The summed E-state index contributed by atoms with van der Waals surface area (Å²) < 4.78 is 1.55. The molecule has 5 heteroatoms. The molecule has 1 amide bonds. The molecule has 1 aromatic heterocycles. The van der Waals surface area contributed by atoms with Gasteiger partial charge in [-0.05, 0) is 29.7 Å². The predicted octanol–water partition coefficient (Wildman–Crippen LogP) is 2.75. The number of nitrogens with zero attached hydrogens (tertiary/aromatic N) is 2. The number of aliphatic hydroxyl groups is 1. The van der Waals surface area contributed by atoms with E-state index < -0.39 is 12.0 Å². The Morgan fingerprint density at radius 1 is 1.20 bits per heavy atom. The summed E-state index contributed by atoms with van der Waals surface area (Å²) in [7, 11) is 1.74. The Morgan fingerprint density at radius 2 is 1.92 bits per heavy atom. The second-order valence-electron chi connectivity index (χ2n) is 6.14. The van der Waals surface area contributed by atoms with E-state index in [-0.39, 0.29) is 0 Å². The summed E-state index contributed by atoms with van der Waals surface area (Å²) >= 11 is 0. The zero-order valence-electron chi connectivity index (χ0n) is 14.3. The van der Waals surface area contributed by atoms with Crippen molar-refractivity contribution in [2.45, 2.75) is 19.6 Å². The molecular weight excluding hydrogens is 314 g/mol. The molecule has 2 N–H and O–H groups in total. The molecule has 0 bridgehead atoms. The summed E-state index contributed by atoms with van der Waals surface area (Å²) in [4.78, 5) is 12.1. The first-order valence-corrected chi connectivity index (χ1v) is 8.13. The monoisotopic (exact) mass is 335 g/mol. The van der Waals surface area contributed by atoms with E-state index in [1.165, 1.54) is 11.8 Å². The molecule has 1 atom stereocenters. The molecule has 0 spiro atoms. The average molecular weight is 335 g/mol. The van der Waals surface area contributed by atoms with E-state index in [1.54, 1.807) is 17.9 Å². The largest absolute Gasteiger partial charge is 0.378 e. The topological polar surface area (TPSA) is 67.2 Å². The van der Waals surface area contributed by atoms with Crippen LogP contribution in [-0.4, -0.2) is 20.8 Å². The molecule has 0 radical (unpaired) electrons. The van der Waals surface area contributed by atoms with Crippen LogP contribution in [0.25, 0.3) is 11.1 Å². The maximum Gasteiger partial charge on any atom is 0.253 e. The minimum absolute atomic E-state index is 0.357. The first-order valence-electron chi connectivity index (χ1n) is 8.13. The van der Waals surface area contributed by atoms with Gasteiger partial charge in [0.15, 0.2) is 6.10 Å². The molecule has 5 nitrogen and oxygen atoms in total. The summed E-state index contributed by atoms with van der Waals surface area (Å²) in [6, 6.07) is 16.3. The number of rotatable bonds is 5. The van der Waals surface area contributed by atoms with Crippen molar-refractivity contribution >= 4 is 5.91 Å². The highest BCUT2D eigenvalue weighted by Gasteiger charge is 2.18. The smallest absolute Gasteiger partial charge is 0.253 e. The van der Waals surface area contributed by atoms with Crippen LogP contribution in [0, 0.1) is 6.92 Å². The van der Waals surface area contributed by atoms with Crippen LogP contribution >= 0.6 is 0 Å². The normalized spacial score (nSPS) is 12.0. The zero-order valence-corrected chi connectivity index (χ0v) is 14.3. The second kappa shape index (κ2) is 7.32. The van der Waals surface area contributed by atoms with E-state index in [9.17, 15) is 9.90 Å². The molecule has 0 fully saturated rings. The number of nitrogens with one attached hydrogen (secondary N) is 1. The van der Waals surface area contributed by atoms with Crippen molar-refractivity contribution in [2.24, 2.45) is 7.05 Å². The van der Waals surface area contributed by atoms with Crippen molar-refractivity contribution in [1.29, 1.82) is 0 Å². The van der Waals surface area contributed by atoms with E-state index >= 15 is 0 Å². The first kappa shape index (κ1) is 16.9. The Labute approximate surface area is 146 Å². The Hall–Kier alpha value is -2.92. The fraction of sp³-hybridized carbons (Fsp3) is 0.200. The molecule has 0 aliphatic carbocycles. The van der Waals surface area contributed by atoms with Crippen molar-refractivity contribution in [3.05, 3.63) is 77.6 Å². The number of carbonyl (C=O) groups excluding carboxylic acids is 1. The lowest BCUT2D eigenvalue weighted by atomic mass is 10.0. The molecule has 1 unspecified atom stereocenters. The third-order valence-corrected chi connectivity index (χ3v) is 4.03. The maximum absolute atomic E-state index is 12.1. The van der Waals surface area contributed by atoms with Gasteiger partial charge in [0.05, 0.1) is 6.20 Å². The molecule has 0 aliphatic rings. The summed E-state index contributed by atoms with van der Waals surface area (Å²) in [5.41, 5.74) is 4.90. The number of aryl methyl sites for hydroxylation is 2. The number of aromatic nitrogens is 2. The summed E-state index contributed by atoms with van der Waals surface area (Å²) in [6.45, 7) is 2.42. The number of hydrogen-bond acceptors (Lipinski definition) is 3. The predicted molar refractivity (Wildman–Crippen MR) is 96.6 cm³/mol. The van der Waals surface area contributed by atoms with Crippen molar-refractivity contribution in [1.82, 2.24) is 15.1 Å². The number of benzene rings is 2. The maximum atomic E-state index is 12.1. The van der Waals surface area contributed by atoms with Gasteiger partial charge in [0.2, 0.25) is 0 Å². The first-order chi connectivity index (χ1) is 12.0. The highest BCUT2D eigenvalue weighted by molar-refractivity contribution is 5.81. The molecule has 0 saturated carbocycles. The van der Waals surface area contributed by atoms with E-state index in [2.05, 4.69) is 35.5 Å². The summed E-state index contributed by atoms with van der Waals surface area (Å²) in [6.07, 6.45) is 1.90. The van der Waals surface area contributed by atoms with Crippen LogP contribution in [-0.2, 0) is 18.4 Å². The lowest BCUT2D eigenvalue weighted by Gasteiger charge is -2.11. The Bertz CT molecular complexity index is 886. The number of carbonyl (C=O) groups is 1. The highest BCUT2D eigenvalue weighted by atomic mass is 16.3. The van der Waals surface area contributed by atoms with E-state index in [0.29, 0.717) is 12.1 Å². The molecule has 25 heavy (non-hydrogen) atoms. The molecule has 3 rings (SSSR count). The van der Waals surface area contributed by atoms with E-state index in [1.807, 2.05) is 30.3 Å². The minimum Gasteiger partial charge on any atom is -0.378 e. The van der Waals surface area contributed by atoms with Crippen LogP contribution in [0.3, 0.4) is 0 Å². The molecule has 0 aliphatic heterocycles. The Morgan fingerprint density at radius 3 is 2.60 bits per heavy atom. The van der Waals surface area contributed by atoms with Gasteiger partial charge in [-0.15, -0.1) is 0 Å². The third kappa shape index (κ3) is 4.14. The van der Waals surface area contributed by atoms with Gasteiger partial charge in [0.1, 0.15) is 0 Å². The molecule has 1 heterocycles. The van der Waals surface area contributed by atoms with Gasteiger partial charge >= 0.3 is 0 Å². The van der Waals surface area contributed by atoms with Gasteiger partial charge in [0, 0.05) is 25.4 Å². The molecular formula is C20H21N3O2. The van der Waals surface area contributed by atoms with Crippen molar-refractivity contribution in [2.75, 3.05) is 0 Å². The fourth-order valence-electron chi connectivity index (χ4n) is 2.70. The van der Waals surface area contributed by atoms with Gasteiger partial charge in [-0.2, -0.15) is 5.10 Å². The van der Waals surface area contributed by atoms with Crippen LogP contribution in [0.5, 0.6) is 0 Å². The standard InChI is InChI=1S/C20H21N3O2/c1-14-5-3-7-16(9-14)17-8-4-6-15(10-17)11-21-20(25)19(24)18-12-22-23(2)13-18/h3-10,12-13,19,24H,11H2,1-2H3,(H,21,25). The highest BCUT2D eigenvalue weighted by Crippen LogP contribution is 2.21. The molecule has 2 aromatic carbocycles. The number of amides is 1. The molecule has 0 saturated heterocycles. The van der Waals surface area contributed by atoms with Gasteiger partial charge < -0.3 is 10.4 Å². The van der Waals surface area contributed by atoms with Crippen LogP contribution in [0.15, 0.2) is 60.9 Å². The Kier molecular flexibility index (Phi) is 4.95. The molecule has 128 valence electrons. The lowest BCUT2D eigenvalue weighted by molar-refractivity contribution is -0.129. The SMILES string of the molecule is Cc1cccc(-c2cccc(CNC(=O)C(O)c3cnn(C)c3)c2)c1. The average Bonchev–Trinajstić information content (AvgIpc) is 3.05. The number of hydrogen-bond donors (Lipinski definition) is 2. The lowest BCUT2D eigenvalue weighted by Crippen LogP contribution is -2.28. The van der Waals surface area contributed by atoms with Crippen LogP contribution in [0.4, 0.5) is 0 Å². The number of aliphatic hydroxyl groups excluding tert-OH is 1. The third-order valence-electron chi connectivity index (χ3n) is 4.03.